The van der Waals surface area contributed by atoms with Gasteiger partial charge in [-0.2, -0.15) is 13.2 Å². The summed E-state index contributed by atoms with van der Waals surface area (Å²) in [4.78, 5) is 12.6. The number of hydrogen-bond donors (Lipinski definition) is 1. The molecule has 0 unspecified atom stereocenters. The van der Waals surface area contributed by atoms with E-state index in [0.29, 0.717) is 16.9 Å². The molecular weight excluding hydrogens is 371 g/mol. The Morgan fingerprint density at radius 1 is 0.964 bits per heavy atom. The Labute approximate surface area is 157 Å². The van der Waals surface area contributed by atoms with E-state index in [0.717, 1.165) is 22.9 Å². The highest BCUT2D eigenvalue weighted by molar-refractivity contribution is 6.10. The number of halogens is 3. The number of nitrogens with one attached hydrogen (secondary N) is 1. The van der Waals surface area contributed by atoms with Crippen molar-refractivity contribution in [1.82, 2.24) is 0 Å². The normalized spacial score (nSPS) is 11.7. The Morgan fingerprint density at radius 3 is 2.43 bits per heavy atom. The van der Waals surface area contributed by atoms with Crippen LogP contribution in [0, 0.1) is 0 Å². The van der Waals surface area contributed by atoms with Crippen LogP contribution in [0.4, 0.5) is 18.9 Å². The zero-order valence-electron chi connectivity index (χ0n) is 14.6. The van der Waals surface area contributed by atoms with Crippen molar-refractivity contribution in [1.29, 1.82) is 0 Å². The van der Waals surface area contributed by atoms with E-state index in [1.54, 1.807) is 18.2 Å². The maximum Gasteiger partial charge on any atom is 0.417 e. The smallest absolute Gasteiger partial charge is 0.417 e. The van der Waals surface area contributed by atoms with Crippen LogP contribution >= 0.6 is 0 Å². The van der Waals surface area contributed by atoms with E-state index in [2.05, 4.69) is 5.32 Å². The van der Waals surface area contributed by atoms with Crippen molar-refractivity contribution in [2.75, 3.05) is 12.4 Å². The molecule has 3 aromatic carbocycles. The van der Waals surface area contributed by atoms with Gasteiger partial charge >= 0.3 is 6.18 Å². The minimum Gasteiger partial charge on any atom is -0.495 e. The van der Waals surface area contributed by atoms with E-state index >= 15 is 0 Å². The van der Waals surface area contributed by atoms with Crippen LogP contribution in [-0.2, 0) is 6.18 Å². The maximum atomic E-state index is 13.2. The summed E-state index contributed by atoms with van der Waals surface area (Å²) in [5.41, 5.74) is -0.110. The highest BCUT2D eigenvalue weighted by Gasteiger charge is 2.35. The second kappa shape index (κ2) is 6.60. The van der Waals surface area contributed by atoms with Crippen LogP contribution in [0.25, 0.3) is 21.9 Å². The molecular formula is C21H14F3NO3. The first-order valence-electron chi connectivity index (χ1n) is 8.35. The Kier molecular flexibility index (Phi) is 4.22. The highest BCUT2D eigenvalue weighted by Crippen LogP contribution is 2.37. The van der Waals surface area contributed by atoms with Gasteiger partial charge in [-0.25, -0.2) is 0 Å². The van der Waals surface area contributed by atoms with Crippen molar-refractivity contribution < 1.29 is 27.1 Å². The first-order chi connectivity index (χ1) is 13.4. The molecule has 1 N–H and O–H groups in total. The Balaban J connectivity index is 1.78. The fourth-order valence-corrected chi connectivity index (χ4v) is 3.14. The fourth-order valence-electron chi connectivity index (χ4n) is 3.14. The number of carbonyl (C=O) groups excluding carboxylic acids is 1. The number of alkyl halides is 3. The fraction of sp³-hybridized carbons (Fsp3) is 0.0952. The standard InChI is InChI=1S/C21H14F3NO3/c1-27-19-10-14-12-6-3-5-9-17(12)28-18(14)11-16(19)25-20(26)13-7-2-4-8-15(13)21(22,23)24/h2-11H,1H3,(H,25,26). The minimum atomic E-state index is -4.64. The summed E-state index contributed by atoms with van der Waals surface area (Å²) in [6.45, 7) is 0. The Hall–Kier alpha value is -3.48. The van der Waals surface area contributed by atoms with Crippen LogP contribution in [0.3, 0.4) is 0 Å². The third kappa shape index (κ3) is 3.05. The number of hydrogen-bond acceptors (Lipinski definition) is 3. The van der Waals surface area contributed by atoms with Crippen molar-refractivity contribution in [2.24, 2.45) is 0 Å². The number of anilines is 1. The van der Waals surface area contributed by atoms with Gasteiger partial charge in [0.05, 0.1) is 23.9 Å². The van der Waals surface area contributed by atoms with Gasteiger partial charge < -0.3 is 14.5 Å². The van der Waals surface area contributed by atoms with Crippen molar-refractivity contribution in [3.05, 3.63) is 71.8 Å². The zero-order chi connectivity index (χ0) is 19.9. The summed E-state index contributed by atoms with van der Waals surface area (Å²) in [5.74, 6) is -0.571. The molecule has 0 spiro atoms. The molecule has 1 heterocycles. The van der Waals surface area contributed by atoms with Gasteiger partial charge in [-0.3, -0.25) is 4.79 Å². The SMILES string of the molecule is COc1cc2c(cc1NC(=O)c1ccccc1C(F)(F)F)oc1ccccc12. The van der Waals surface area contributed by atoms with Crippen LogP contribution in [0.5, 0.6) is 5.75 Å². The minimum absolute atomic E-state index is 0.219. The van der Waals surface area contributed by atoms with Gasteiger partial charge in [0.15, 0.2) is 0 Å². The summed E-state index contributed by atoms with van der Waals surface area (Å²) in [6.07, 6.45) is -4.64. The number of amides is 1. The maximum absolute atomic E-state index is 13.2. The lowest BCUT2D eigenvalue weighted by Crippen LogP contribution is -2.18. The first kappa shape index (κ1) is 17.9. The second-order valence-electron chi connectivity index (χ2n) is 6.14. The molecule has 0 saturated heterocycles. The summed E-state index contributed by atoms with van der Waals surface area (Å²) < 4.78 is 50.7. The van der Waals surface area contributed by atoms with Crippen molar-refractivity contribution in [3.8, 4) is 5.75 Å². The first-order valence-corrected chi connectivity index (χ1v) is 8.35. The van der Waals surface area contributed by atoms with Crippen molar-refractivity contribution in [3.63, 3.8) is 0 Å². The molecule has 4 rings (SSSR count). The molecule has 0 bridgehead atoms. The molecule has 4 nitrogen and oxygen atoms in total. The summed E-state index contributed by atoms with van der Waals surface area (Å²) in [7, 11) is 1.42. The van der Waals surface area contributed by atoms with E-state index in [4.69, 9.17) is 9.15 Å². The van der Waals surface area contributed by atoms with Gasteiger partial charge in [-0.05, 0) is 24.3 Å². The predicted octanol–water partition coefficient (Wildman–Crippen LogP) is 5.87. The summed E-state index contributed by atoms with van der Waals surface area (Å²) in [5, 5.41) is 4.15. The van der Waals surface area contributed by atoms with E-state index < -0.39 is 23.2 Å². The molecule has 28 heavy (non-hydrogen) atoms. The van der Waals surface area contributed by atoms with Gasteiger partial charge in [-0.1, -0.05) is 30.3 Å². The van der Waals surface area contributed by atoms with Crippen LogP contribution < -0.4 is 10.1 Å². The average molecular weight is 385 g/mol. The molecule has 1 aromatic heterocycles. The molecule has 7 heteroatoms. The monoisotopic (exact) mass is 385 g/mol. The van der Waals surface area contributed by atoms with Crippen LogP contribution in [0.1, 0.15) is 15.9 Å². The van der Waals surface area contributed by atoms with E-state index in [9.17, 15) is 18.0 Å². The van der Waals surface area contributed by atoms with Crippen LogP contribution in [-0.4, -0.2) is 13.0 Å². The molecule has 0 atom stereocenters. The van der Waals surface area contributed by atoms with Gasteiger partial charge in [-0.15, -0.1) is 0 Å². The topological polar surface area (TPSA) is 51.5 Å². The van der Waals surface area contributed by atoms with Crippen LogP contribution in [0.15, 0.2) is 65.1 Å². The van der Waals surface area contributed by atoms with E-state index in [1.807, 2.05) is 18.2 Å². The number of benzene rings is 3. The van der Waals surface area contributed by atoms with Crippen LogP contribution in [0.2, 0.25) is 0 Å². The Bertz CT molecular complexity index is 1190. The molecule has 0 aliphatic rings. The molecule has 0 saturated carbocycles. The Morgan fingerprint density at radius 2 is 1.68 bits per heavy atom. The largest absolute Gasteiger partial charge is 0.495 e. The molecule has 0 radical (unpaired) electrons. The van der Waals surface area contributed by atoms with Crippen molar-refractivity contribution in [2.45, 2.75) is 6.18 Å². The second-order valence-corrected chi connectivity index (χ2v) is 6.14. The quantitative estimate of drug-likeness (QED) is 0.480. The number of carbonyl (C=O) groups is 1. The number of methoxy groups -OCH3 is 1. The van der Waals surface area contributed by atoms with E-state index in [-0.39, 0.29) is 5.69 Å². The van der Waals surface area contributed by atoms with Crippen molar-refractivity contribution >= 4 is 33.5 Å². The number of rotatable bonds is 3. The van der Waals surface area contributed by atoms with E-state index in [1.165, 1.54) is 19.2 Å². The molecule has 0 fully saturated rings. The average Bonchev–Trinajstić information content (AvgIpc) is 3.04. The molecule has 142 valence electrons. The summed E-state index contributed by atoms with van der Waals surface area (Å²) >= 11 is 0. The van der Waals surface area contributed by atoms with Gasteiger partial charge in [0.1, 0.15) is 16.9 Å². The molecule has 0 aliphatic heterocycles. The lowest BCUT2D eigenvalue weighted by molar-refractivity contribution is -0.137. The highest BCUT2D eigenvalue weighted by atomic mass is 19.4. The third-order valence-electron chi connectivity index (χ3n) is 4.42. The predicted molar refractivity (Wildman–Crippen MR) is 99.7 cm³/mol. The number of para-hydroxylation sites is 1. The molecule has 4 aromatic rings. The lowest BCUT2D eigenvalue weighted by atomic mass is 10.1. The van der Waals surface area contributed by atoms with Gasteiger partial charge in [0.25, 0.3) is 5.91 Å². The van der Waals surface area contributed by atoms with Gasteiger partial charge in [0.2, 0.25) is 0 Å². The summed E-state index contributed by atoms with van der Waals surface area (Å²) in [6, 6.07) is 15.2. The third-order valence-corrected chi connectivity index (χ3v) is 4.42. The number of ether oxygens (including phenoxy) is 1. The molecule has 1 amide bonds. The number of fused-ring (bicyclic) bond motifs is 3. The molecule has 0 aliphatic carbocycles. The number of furan rings is 1. The lowest BCUT2D eigenvalue weighted by Gasteiger charge is -2.14. The van der Waals surface area contributed by atoms with Gasteiger partial charge in [0, 0.05) is 16.8 Å². The zero-order valence-corrected chi connectivity index (χ0v) is 14.6.